The number of rotatable bonds is 5. The zero-order valence-corrected chi connectivity index (χ0v) is 14.7. The summed E-state index contributed by atoms with van der Waals surface area (Å²) >= 11 is 0. The first-order valence-electron chi connectivity index (χ1n) is 7.28. The van der Waals surface area contributed by atoms with Crippen molar-refractivity contribution in [1.29, 1.82) is 0 Å². The van der Waals surface area contributed by atoms with Gasteiger partial charge in [0.2, 0.25) is 0 Å². The van der Waals surface area contributed by atoms with Crippen LogP contribution in [0.4, 0.5) is 5.82 Å². The molecule has 1 heterocycles. The van der Waals surface area contributed by atoms with Crippen LogP contribution in [-0.2, 0) is 6.42 Å². The number of halogens is 1. The molecule has 0 unspecified atom stereocenters. The van der Waals surface area contributed by atoms with E-state index in [0.29, 0.717) is 11.4 Å². The van der Waals surface area contributed by atoms with E-state index in [0.717, 1.165) is 18.8 Å². The molecule has 1 aromatic carbocycles. The molecule has 4 nitrogen and oxygen atoms in total. The molecule has 0 spiro atoms. The Hall–Kier alpha value is -1.63. The van der Waals surface area contributed by atoms with Crippen LogP contribution in [0.25, 0.3) is 0 Å². The van der Waals surface area contributed by atoms with E-state index in [1.165, 1.54) is 18.4 Å². The van der Waals surface area contributed by atoms with E-state index in [9.17, 15) is 0 Å². The molecule has 1 aliphatic rings. The monoisotopic (exact) mass is 408 g/mol. The summed E-state index contributed by atoms with van der Waals surface area (Å²) in [5, 5.41) is 3.02. The van der Waals surface area contributed by atoms with Crippen LogP contribution in [0.1, 0.15) is 18.4 Å². The smallest absolute Gasteiger partial charge is 0.194 e. The molecule has 0 saturated heterocycles. The van der Waals surface area contributed by atoms with Crippen molar-refractivity contribution in [2.75, 3.05) is 11.9 Å². The van der Waals surface area contributed by atoms with E-state index in [-0.39, 0.29) is 24.0 Å². The number of pyridine rings is 1. The molecule has 0 amide bonds. The Morgan fingerprint density at radius 3 is 2.50 bits per heavy atom. The van der Waals surface area contributed by atoms with Gasteiger partial charge in [-0.25, -0.2) is 4.98 Å². The highest BCUT2D eigenvalue weighted by atomic mass is 127. The highest BCUT2D eigenvalue weighted by Gasteiger charge is 2.42. The second-order valence-electron chi connectivity index (χ2n) is 5.70. The van der Waals surface area contributed by atoms with Crippen LogP contribution >= 0.6 is 24.0 Å². The van der Waals surface area contributed by atoms with Gasteiger partial charge in [-0.1, -0.05) is 36.4 Å². The van der Waals surface area contributed by atoms with E-state index >= 15 is 0 Å². The van der Waals surface area contributed by atoms with Gasteiger partial charge >= 0.3 is 0 Å². The highest BCUT2D eigenvalue weighted by Crippen LogP contribution is 2.48. The van der Waals surface area contributed by atoms with E-state index < -0.39 is 0 Å². The van der Waals surface area contributed by atoms with E-state index in [1.807, 2.05) is 18.2 Å². The first kappa shape index (κ1) is 16.7. The maximum absolute atomic E-state index is 5.93. The summed E-state index contributed by atoms with van der Waals surface area (Å²) in [5.41, 5.74) is 7.61. The van der Waals surface area contributed by atoms with Crippen LogP contribution in [0.3, 0.4) is 0 Å². The molecule has 1 fully saturated rings. The molecule has 116 valence electrons. The van der Waals surface area contributed by atoms with Gasteiger partial charge in [0.1, 0.15) is 5.82 Å². The Morgan fingerprint density at radius 1 is 1.14 bits per heavy atom. The average molecular weight is 408 g/mol. The molecular weight excluding hydrogens is 387 g/mol. The van der Waals surface area contributed by atoms with Gasteiger partial charge < -0.3 is 11.1 Å². The fourth-order valence-corrected chi connectivity index (χ4v) is 2.46. The molecule has 1 saturated carbocycles. The van der Waals surface area contributed by atoms with E-state index in [1.54, 1.807) is 6.20 Å². The van der Waals surface area contributed by atoms with Gasteiger partial charge in [-0.05, 0) is 42.4 Å². The second-order valence-corrected chi connectivity index (χ2v) is 5.70. The first-order valence-corrected chi connectivity index (χ1v) is 7.28. The van der Waals surface area contributed by atoms with Crippen molar-refractivity contribution in [3.05, 3.63) is 60.3 Å². The lowest BCUT2D eigenvalue weighted by Gasteiger charge is -2.13. The van der Waals surface area contributed by atoms with Gasteiger partial charge in [0.05, 0.1) is 0 Å². The van der Waals surface area contributed by atoms with E-state index in [2.05, 4.69) is 45.6 Å². The molecule has 3 N–H and O–H groups in total. The largest absolute Gasteiger partial charge is 0.370 e. The Labute approximate surface area is 148 Å². The zero-order valence-electron chi connectivity index (χ0n) is 12.4. The van der Waals surface area contributed by atoms with Crippen LogP contribution in [0.5, 0.6) is 0 Å². The summed E-state index contributed by atoms with van der Waals surface area (Å²) in [4.78, 5) is 8.67. The van der Waals surface area contributed by atoms with Crippen molar-refractivity contribution in [3.63, 3.8) is 0 Å². The number of nitrogens with zero attached hydrogens (tertiary/aromatic N) is 2. The third kappa shape index (κ3) is 4.69. The zero-order chi connectivity index (χ0) is 14.5. The summed E-state index contributed by atoms with van der Waals surface area (Å²) in [6, 6.07) is 16.3. The topological polar surface area (TPSA) is 63.3 Å². The van der Waals surface area contributed by atoms with E-state index in [4.69, 9.17) is 5.73 Å². The van der Waals surface area contributed by atoms with Crippen LogP contribution in [-0.4, -0.2) is 17.5 Å². The van der Waals surface area contributed by atoms with Crippen LogP contribution in [0, 0.1) is 5.41 Å². The predicted molar refractivity (Wildman–Crippen MR) is 102 cm³/mol. The summed E-state index contributed by atoms with van der Waals surface area (Å²) in [5.74, 6) is 1.17. The molecule has 0 bridgehead atoms. The molecule has 0 radical (unpaired) electrons. The fraction of sp³-hybridized carbons (Fsp3) is 0.294. The van der Waals surface area contributed by atoms with Crippen LogP contribution in [0.15, 0.2) is 59.7 Å². The molecule has 22 heavy (non-hydrogen) atoms. The van der Waals surface area contributed by atoms with Crippen molar-refractivity contribution in [1.82, 2.24) is 4.98 Å². The number of benzene rings is 1. The maximum Gasteiger partial charge on any atom is 0.194 e. The lowest BCUT2D eigenvalue weighted by molar-refractivity contribution is 0.522. The van der Waals surface area contributed by atoms with Crippen molar-refractivity contribution < 1.29 is 0 Å². The Bertz CT molecular complexity index is 609. The number of nitrogens with two attached hydrogens (primary N) is 1. The Kier molecular flexibility index (Phi) is 5.76. The molecule has 0 aliphatic heterocycles. The SMILES string of the molecule is I.NC(=NCC1(Cc2ccccc2)CC1)Nc1ccccn1. The second kappa shape index (κ2) is 7.58. The summed E-state index contributed by atoms with van der Waals surface area (Å²) < 4.78 is 0. The first-order chi connectivity index (χ1) is 10.3. The average Bonchev–Trinajstić information content (AvgIpc) is 3.27. The van der Waals surface area contributed by atoms with Crippen molar-refractivity contribution in [3.8, 4) is 0 Å². The molecule has 3 rings (SSSR count). The number of anilines is 1. The third-order valence-corrected chi connectivity index (χ3v) is 3.88. The summed E-state index contributed by atoms with van der Waals surface area (Å²) in [6.07, 6.45) is 5.26. The normalized spacial score (nSPS) is 15.7. The van der Waals surface area contributed by atoms with Crippen molar-refractivity contribution >= 4 is 35.8 Å². The minimum atomic E-state index is 0. The summed E-state index contributed by atoms with van der Waals surface area (Å²) in [6.45, 7) is 0.771. The van der Waals surface area contributed by atoms with Gasteiger partial charge in [0.25, 0.3) is 0 Å². The quantitative estimate of drug-likeness (QED) is 0.453. The standard InChI is InChI=1S/C17H20N4.HI/c18-16(21-15-8-4-5-11-19-15)20-13-17(9-10-17)12-14-6-2-1-3-7-14;/h1-8,11H,9-10,12-13H2,(H3,18,19,20,21);1H. The third-order valence-electron chi connectivity index (χ3n) is 3.88. The number of hydrogen-bond donors (Lipinski definition) is 2. The van der Waals surface area contributed by atoms with Gasteiger partial charge in [-0.3, -0.25) is 4.99 Å². The molecule has 1 aliphatic carbocycles. The van der Waals surface area contributed by atoms with Crippen LogP contribution in [0.2, 0.25) is 0 Å². The van der Waals surface area contributed by atoms with Crippen LogP contribution < -0.4 is 11.1 Å². The van der Waals surface area contributed by atoms with Gasteiger partial charge in [0.15, 0.2) is 5.96 Å². The van der Waals surface area contributed by atoms with Gasteiger partial charge in [-0.2, -0.15) is 0 Å². The molecule has 0 atom stereocenters. The van der Waals surface area contributed by atoms with Gasteiger partial charge in [-0.15, -0.1) is 24.0 Å². The predicted octanol–water partition coefficient (Wildman–Crippen LogP) is 3.45. The van der Waals surface area contributed by atoms with Crippen molar-refractivity contribution in [2.24, 2.45) is 16.1 Å². The lowest BCUT2D eigenvalue weighted by Crippen LogP contribution is -2.25. The number of nitrogens with one attached hydrogen (secondary N) is 1. The number of hydrogen-bond acceptors (Lipinski definition) is 2. The van der Waals surface area contributed by atoms with Gasteiger partial charge in [0, 0.05) is 12.7 Å². The molecule has 1 aromatic heterocycles. The lowest BCUT2D eigenvalue weighted by atomic mass is 9.97. The Morgan fingerprint density at radius 2 is 1.86 bits per heavy atom. The molecular formula is C17H21IN4. The highest BCUT2D eigenvalue weighted by molar-refractivity contribution is 14.0. The summed E-state index contributed by atoms with van der Waals surface area (Å²) in [7, 11) is 0. The maximum atomic E-state index is 5.93. The number of aromatic nitrogens is 1. The minimum absolute atomic E-state index is 0. The number of aliphatic imine (C=N–C) groups is 1. The molecule has 5 heteroatoms. The minimum Gasteiger partial charge on any atom is -0.370 e. The fourth-order valence-electron chi connectivity index (χ4n) is 2.46. The van der Waals surface area contributed by atoms with Crippen molar-refractivity contribution in [2.45, 2.75) is 19.3 Å². The Balaban J connectivity index is 0.00000176. The number of guanidine groups is 1. The molecule has 2 aromatic rings.